The lowest BCUT2D eigenvalue weighted by molar-refractivity contribution is -0.143. The Balaban J connectivity index is 1.96. The zero-order chi connectivity index (χ0) is 21.4. The fourth-order valence-corrected chi connectivity index (χ4v) is 3.22. The van der Waals surface area contributed by atoms with E-state index < -0.39 is 41.0 Å². The second kappa shape index (κ2) is 7.50. The average Bonchev–Trinajstić information content (AvgIpc) is 2.63. The largest absolute Gasteiger partial charge is 0.416 e. The van der Waals surface area contributed by atoms with Crippen molar-refractivity contribution in [2.45, 2.75) is 31.1 Å². The fourth-order valence-electron chi connectivity index (χ4n) is 3.22. The van der Waals surface area contributed by atoms with Crippen LogP contribution >= 0.6 is 0 Å². The molecule has 0 saturated heterocycles. The van der Waals surface area contributed by atoms with Gasteiger partial charge in [-0.2, -0.15) is 26.3 Å². The first-order valence-corrected chi connectivity index (χ1v) is 8.57. The second-order valence-corrected chi connectivity index (χ2v) is 6.76. The molecule has 152 valence electrons. The number of benzene rings is 2. The molecule has 0 amide bonds. The molecule has 0 aromatic heterocycles. The highest BCUT2D eigenvalue weighted by Gasteiger charge is 2.39. The number of rotatable bonds is 2. The Morgan fingerprint density at radius 2 is 1.24 bits per heavy atom. The molecule has 0 aliphatic heterocycles. The first kappa shape index (κ1) is 20.8. The van der Waals surface area contributed by atoms with E-state index in [4.69, 9.17) is 0 Å². The van der Waals surface area contributed by atoms with Crippen molar-refractivity contribution in [2.75, 3.05) is 0 Å². The van der Waals surface area contributed by atoms with Crippen LogP contribution < -0.4 is 0 Å². The molecule has 0 unspecified atom stereocenters. The van der Waals surface area contributed by atoms with Gasteiger partial charge in [-0.1, -0.05) is 30.3 Å². The zero-order valence-electron chi connectivity index (χ0n) is 14.8. The molecule has 1 aliphatic rings. The maximum atomic E-state index is 13.1. The Bertz CT molecular complexity index is 919. The van der Waals surface area contributed by atoms with Crippen LogP contribution in [0.5, 0.6) is 0 Å². The van der Waals surface area contributed by atoms with Gasteiger partial charge in [0.25, 0.3) is 0 Å². The maximum absolute atomic E-state index is 13.1. The third-order valence-electron chi connectivity index (χ3n) is 4.66. The van der Waals surface area contributed by atoms with Crippen molar-refractivity contribution in [3.63, 3.8) is 0 Å². The van der Waals surface area contributed by atoms with Crippen molar-refractivity contribution < 1.29 is 35.9 Å². The summed E-state index contributed by atoms with van der Waals surface area (Å²) in [6.07, 6.45) is -9.28. The minimum Gasteiger partial charge on any atom is -0.294 e. The molecule has 3 rings (SSSR count). The molecule has 2 aromatic carbocycles. The Hall–Kier alpha value is -2.90. The van der Waals surface area contributed by atoms with Crippen molar-refractivity contribution in [2.24, 2.45) is 0 Å². The third-order valence-corrected chi connectivity index (χ3v) is 4.66. The summed E-state index contributed by atoms with van der Waals surface area (Å²) in [5, 5.41) is 0. The Morgan fingerprint density at radius 1 is 0.759 bits per heavy atom. The van der Waals surface area contributed by atoms with Gasteiger partial charge in [-0.3, -0.25) is 9.59 Å². The number of carbonyl (C=O) groups excluding carboxylic acids is 2. The van der Waals surface area contributed by atoms with E-state index in [0.717, 1.165) is 0 Å². The Labute approximate surface area is 161 Å². The van der Waals surface area contributed by atoms with Crippen LogP contribution in [0.3, 0.4) is 0 Å². The lowest BCUT2D eigenvalue weighted by Gasteiger charge is -2.24. The van der Waals surface area contributed by atoms with Gasteiger partial charge >= 0.3 is 12.4 Å². The first-order valence-electron chi connectivity index (χ1n) is 8.57. The van der Waals surface area contributed by atoms with E-state index in [1.807, 2.05) is 0 Å². The highest BCUT2D eigenvalue weighted by atomic mass is 19.4. The Kier molecular flexibility index (Phi) is 5.38. The molecule has 0 heterocycles. The normalized spacial score (nSPS) is 18.1. The van der Waals surface area contributed by atoms with Gasteiger partial charge in [0.1, 0.15) is 0 Å². The molecule has 0 spiro atoms. The van der Waals surface area contributed by atoms with E-state index >= 15 is 0 Å². The summed E-state index contributed by atoms with van der Waals surface area (Å²) in [7, 11) is 0. The molecule has 2 nitrogen and oxygen atoms in total. The molecule has 1 saturated carbocycles. The van der Waals surface area contributed by atoms with E-state index in [1.165, 1.54) is 6.08 Å². The van der Waals surface area contributed by atoms with Gasteiger partial charge in [0.05, 0.1) is 16.7 Å². The molecule has 1 fully saturated rings. The minimum atomic E-state index is -4.99. The zero-order valence-corrected chi connectivity index (χ0v) is 14.8. The predicted octanol–water partition coefficient (Wildman–Crippen LogP) is 5.82. The summed E-state index contributed by atoms with van der Waals surface area (Å²) in [5.74, 6) is -2.27. The summed E-state index contributed by atoms with van der Waals surface area (Å²) in [6, 6.07) is 9.66. The molecular weight excluding hydrogens is 398 g/mol. The van der Waals surface area contributed by atoms with Crippen molar-refractivity contribution >= 4 is 17.6 Å². The molecule has 8 heteroatoms. The van der Waals surface area contributed by atoms with Crippen LogP contribution in [0.1, 0.15) is 41.0 Å². The van der Waals surface area contributed by atoms with Crippen LogP contribution in [0.25, 0.3) is 6.08 Å². The van der Waals surface area contributed by atoms with Gasteiger partial charge in [0.2, 0.25) is 0 Å². The molecule has 29 heavy (non-hydrogen) atoms. The van der Waals surface area contributed by atoms with Crippen LogP contribution in [-0.2, 0) is 21.9 Å². The number of carbonyl (C=O) groups is 2. The summed E-state index contributed by atoms with van der Waals surface area (Å²) in [6.45, 7) is 0. The summed E-state index contributed by atoms with van der Waals surface area (Å²) < 4.78 is 78.3. The van der Waals surface area contributed by atoms with Gasteiger partial charge in [-0.25, -0.2) is 0 Å². The Morgan fingerprint density at radius 3 is 1.69 bits per heavy atom. The van der Waals surface area contributed by atoms with Crippen molar-refractivity contribution in [3.8, 4) is 0 Å². The standard InChI is InChI=1S/C21H14F6O2/c22-20(23,24)15-7-13(8-16(11-15)21(25,26)27)14-9-18(28)17(19(29)10-14)6-12-4-2-1-3-5-12/h1-8,11,14H,9-10H2. The van der Waals surface area contributed by atoms with Gasteiger partial charge < -0.3 is 0 Å². The minimum absolute atomic E-state index is 0.0245. The quantitative estimate of drug-likeness (QED) is 0.354. The number of alkyl halides is 6. The molecule has 2 aromatic rings. The number of hydrogen-bond acceptors (Lipinski definition) is 2. The smallest absolute Gasteiger partial charge is 0.294 e. The van der Waals surface area contributed by atoms with Crippen LogP contribution in [-0.4, -0.2) is 11.6 Å². The lowest BCUT2D eigenvalue weighted by Crippen LogP contribution is -2.25. The van der Waals surface area contributed by atoms with Gasteiger partial charge in [0.15, 0.2) is 11.6 Å². The van der Waals surface area contributed by atoms with E-state index in [0.29, 0.717) is 17.7 Å². The summed E-state index contributed by atoms with van der Waals surface area (Å²) in [5.41, 5.74) is -2.76. The summed E-state index contributed by atoms with van der Waals surface area (Å²) in [4.78, 5) is 24.8. The second-order valence-electron chi connectivity index (χ2n) is 6.76. The SMILES string of the molecule is O=C1CC(c2cc(C(F)(F)F)cc(C(F)(F)F)c2)CC(=O)C1=Cc1ccccc1. The number of halogens is 6. The van der Waals surface area contributed by atoms with Gasteiger partial charge in [0, 0.05) is 12.8 Å². The number of Topliss-reactive ketones (excluding diaryl/α,β-unsaturated/α-hetero) is 2. The van der Waals surface area contributed by atoms with Crippen LogP contribution in [0.4, 0.5) is 26.3 Å². The number of allylic oxidation sites excluding steroid dienone is 1. The van der Waals surface area contributed by atoms with Gasteiger partial charge in [-0.05, 0) is 41.3 Å². The van der Waals surface area contributed by atoms with Crippen molar-refractivity contribution in [1.82, 2.24) is 0 Å². The molecular formula is C21H14F6O2. The number of hydrogen-bond donors (Lipinski definition) is 0. The lowest BCUT2D eigenvalue weighted by atomic mass is 9.78. The van der Waals surface area contributed by atoms with E-state index in [-0.39, 0.29) is 30.0 Å². The molecule has 1 aliphatic carbocycles. The van der Waals surface area contributed by atoms with Crippen molar-refractivity contribution in [3.05, 3.63) is 76.4 Å². The fraction of sp³-hybridized carbons (Fsp3) is 0.238. The highest BCUT2D eigenvalue weighted by molar-refractivity contribution is 6.25. The van der Waals surface area contributed by atoms with E-state index in [2.05, 4.69) is 0 Å². The topological polar surface area (TPSA) is 34.1 Å². The highest BCUT2D eigenvalue weighted by Crippen LogP contribution is 2.40. The average molecular weight is 412 g/mol. The first-order chi connectivity index (χ1) is 13.4. The monoisotopic (exact) mass is 412 g/mol. The molecule has 0 radical (unpaired) electrons. The molecule has 0 atom stereocenters. The van der Waals surface area contributed by atoms with Gasteiger partial charge in [-0.15, -0.1) is 0 Å². The van der Waals surface area contributed by atoms with Crippen molar-refractivity contribution in [1.29, 1.82) is 0 Å². The van der Waals surface area contributed by atoms with E-state index in [1.54, 1.807) is 30.3 Å². The maximum Gasteiger partial charge on any atom is 0.416 e. The summed E-state index contributed by atoms with van der Waals surface area (Å²) >= 11 is 0. The van der Waals surface area contributed by atoms with E-state index in [9.17, 15) is 35.9 Å². The van der Waals surface area contributed by atoms with Crippen LogP contribution in [0, 0.1) is 0 Å². The molecule has 0 bridgehead atoms. The van der Waals surface area contributed by atoms with Crippen LogP contribution in [0.2, 0.25) is 0 Å². The predicted molar refractivity (Wildman–Crippen MR) is 92.9 cm³/mol. The third kappa shape index (κ3) is 4.75. The number of ketones is 2. The van der Waals surface area contributed by atoms with Crippen LogP contribution in [0.15, 0.2) is 54.1 Å². The molecule has 0 N–H and O–H groups in total.